The Labute approximate surface area is 121 Å². The van der Waals surface area contributed by atoms with Crippen LogP contribution in [0.4, 0.5) is 4.39 Å². The van der Waals surface area contributed by atoms with Crippen LogP contribution in [0.3, 0.4) is 0 Å². The van der Waals surface area contributed by atoms with Crippen LogP contribution in [0.5, 0.6) is 17.2 Å². The molecule has 5 nitrogen and oxygen atoms in total. The standard InChI is InChI=1S/C15H14FNO4/c1-19-13-6-7-17-12(15(13)20-2)9-21-14-10(8-18)4-3-5-11(14)16/h3-8H,9H2,1-2H3. The van der Waals surface area contributed by atoms with Crippen LogP contribution >= 0.6 is 0 Å². The number of hydrogen-bond acceptors (Lipinski definition) is 5. The summed E-state index contributed by atoms with van der Waals surface area (Å²) in [6.07, 6.45) is 2.07. The summed E-state index contributed by atoms with van der Waals surface area (Å²) in [5.41, 5.74) is 0.578. The van der Waals surface area contributed by atoms with Crippen molar-refractivity contribution >= 4 is 6.29 Å². The van der Waals surface area contributed by atoms with Gasteiger partial charge in [-0.3, -0.25) is 9.78 Å². The van der Waals surface area contributed by atoms with Gasteiger partial charge in [-0.25, -0.2) is 4.39 Å². The fourth-order valence-corrected chi connectivity index (χ4v) is 1.86. The molecule has 0 aliphatic heterocycles. The molecule has 0 atom stereocenters. The lowest BCUT2D eigenvalue weighted by Gasteiger charge is -2.13. The van der Waals surface area contributed by atoms with Gasteiger partial charge in [0.1, 0.15) is 12.3 Å². The number of hydrogen-bond donors (Lipinski definition) is 0. The lowest BCUT2D eigenvalue weighted by molar-refractivity contribution is 0.111. The Kier molecular flexibility index (Phi) is 4.71. The number of carbonyl (C=O) groups is 1. The average Bonchev–Trinajstić information content (AvgIpc) is 2.52. The number of benzene rings is 1. The molecule has 0 unspecified atom stereocenters. The third-order valence-electron chi connectivity index (χ3n) is 2.84. The zero-order valence-electron chi connectivity index (χ0n) is 11.6. The van der Waals surface area contributed by atoms with Gasteiger partial charge in [0, 0.05) is 12.3 Å². The van der Waals surface area contributed by atoms with Crippen molar-refractivity contribution in [3.8, 4) is 17.2 Å². The molecular weight excluding hydrogens is 277 g/mol. The topological polar surface area (TPSA) is 57.7 Å². The van der Waals surface area contributed by atoms with Crippen molar-refractivity contribution in [3.63, 3.8) is 0 Å². The zero-order valence-corrected chi connectivity index (χ0v) is 11.6. The maximum atomic E-state index is 13.7. The molecule has 1 heterocycles. The molecular formula is C15H14FNO4. The van der Waals surface area contributed by atoms with Crippen LogP contribution in [0.1, 0.15) is 16.1 Å². The van der Waals surface area contributed by atoms with E-state index in [2.05, 4.69) is 4.98 Å². The fourth-order valence-electron chi connectivity index (χ4n) is 1.86. The summed E-state index contributed by atoms with van der Waals surface area (Å²) in [6.45, 7) is -0.0534. The molecule has 0 fully saturated rings. The second-order valence-electron chi connectivity index (χ2n) is 4.06. The van der Waals surface area contributed by atoms with E-state index in [0.29, 0.717) is 23.5 Å². The monoisotopic (exact) mass is 291 g/mol. The summed E-state index contributed by atoms with van der Waals surface area (Å²) in [5.74, 6) is 0.180. The van der Waals surface area contributed by atoms with E-state index in [4.69, 9.17) is 14.2 Å². The van der Waals surface area contributed by atoms with Crippen LogP contribution in [0.15, 0.2) is 30.5 Å². The maximum Gasteiger partial charge on any atom is 0.185 e. The van der Waals surface area contributed by atoms with Crippen LogP contribution < -0.4 is 14.2 Å². The molecule has 0 aliphatic carbocycles. The molecule has 2 rings (SSSR count). The molecule has 0 saturated carbocycles. The van der Waals surface area contributed by atoms with E-state index >= 15 is 0 Å². The number of halogens is 1. The molecule has 21 heavy (non-hydrogen) atoms. The number of para-hydroxylation sites is 1. The summed E-state index contributed by atoms with van der Waals surface area (Å²) >= 11 is 0. The van der Waals surface area contributed by atoms with Crippen molar-refractivity contribution in [2.24, 2.45) is 0 Å². The van der Waals surface area contributed by atoms with Gasteiger partial charge in [-0.05, 0) is 12.1 Å². The summed E-state index contributed by atoms with van der Waals surface area (Å²) in [5, 5.41) is 0. The molecule has 2 aromatic rings. The number of nitrogens with zero attached hydrogens (tertiary/aromatic N) is 1. The number of pyridine rings is 1. The fraction of sp³-hybridized carbons (Fsp3) is 0.200. The van der Waals surface area contributed by atoms with E-state index in [-0.39, 0.29) is 17.9 Å². The second kappa shape index (κ2) is 6.69. The molecule has 0 aliphatic rings. The molecule has 0 bridgehead atoms. The van der Waals surface area contributed by atoms with Crippen molar-refractivity contribution in [2.75, 3.05) is 14.2 Å². The zero-order chi connectivity index (χ0) is 15.2. The van der Waals surface area contributed by atoms with Crippen molar-refractivity contribution in [3.05, 3.63) is 47.5 Å². The van der Waals surface area contributed by atoms with E-state index in [1.807, 2.05) is 0 Å². The Morgan fingerprint density at radius 2 is 2.00 bits per heavy atom. The molecule has 1 aromatic carbocycles. The Bertz CT molecular complexity index is 646. The maximum absolute atomic E-state index is 13.7. The highest BCUT2D eigenvalue weighted by Gasteiger charge is 2.14. The minimum absolute atomic E-state index is 0.0534. The molecule has 6 heteroatoms. The van der Waals surface area contributed by atoms with Gasteiger partial charge >= 0.3 is 0 Å². The third kappa shape index (κ3) is 3.10. The predicted molar refractivity (Wildman–Crippen MR) is 73.5 cm³/mol. The van der Waals surface area contributed by atoms with E-state index in [1.165, 1.54) is 38.6 Å². The summed E-state index contributed by atoms with van der Waals surface area (Å²) in [6, 6.07) is 5.78. The number of aldehydes is 1. The van der Waals surface area contributed by atoms with E-state index in [1.54, 1.807) is 6.07 Å². The van der Waals surface area contributed by atoms with Crippen molar-refractivity contribution in [1.82, 2.24) is 4.98 Å². The predicted octanol–water partition coefficient (Wildman–Crippen LogP) is 2.63. The van der Waals surface area contributed by atoms with Crippen molar-refractivity contribution in [1.29, 1.82) is 0 Å². The van der Waals surface area contributed by atoms with Crippen LogP contribution in [-0.2, 0) is 6.61 Å². The van der Waals surface area contributed by atoms with Gasteiger partial charge in [0.15, 0.2) is 29.4 Å². The molecule has 0 amide bonds. The van der Waals surface area contributed by atoms with Gasteiger partial charge in [0.05, 0.1) is 19.8 Å². The van der Waals surface area contributed by atoms with Gasteiger partial charge in [0.2, 0.25) is 0 Å². The van der Waals surface area contributed by atoms with Crippen molar-refractivity contribution < 1.29 is 23.4 Å². The van der Waals surface area contributed by atoms with Crippen LogP contribution in [0.2, 0.25) is 0 Å². The molecule has 0 saturated heterocycles. The van der Waals surface area contributed by atoms with Gasteiger partial charge in [-0.15, -0.1) is 0 Å². The quantitative estimate of drug-likeness (QED) is 0.766. The molecule has 0 radical (unpaired) electrons. The number of rotatable bonds is 6. The first kappa shape index (κ1) is 14.8. The highest BCUT2D eigenvalue weighted by atomic mass is 19.1. The van der Waals surface area contributed by atoms with E-state index in [0.717, 1.165) is 0 Å². The molecule has 110 valence electrons. The summed E-state index contributed by atoms with van der Waals surface area (Å²) in [4.78, 5) is 15.0. The highest BCUT2D eigenvalue weighted by Crippen LogP contribution is 2.30. The molecule has 0 N–H and O–H groups in total. The average molecular weight is 291 g/mol. The van der Waals surface area contributed by atoms with Gasteiger partial charge in [-0.1, -0.05) is 6.07 Å². The largest absolute Gasteiger partial charge is 0.493 e. The van der Waals surface area contributed by atoms with E-state index < -0.39 is 5.82 Å². The third-order valence-corrected chi connectivity index (χ3v) is 2.84. The van der Waals surface area contributed by atoms with Gasteiger partial charge in [0.25, 0.3) is 0 Å². The van der Waals surface area contributed by atoms with E-state index in [9.17, 15) is 9.18 Å². The number of carbonyl (C=O) groups excluding carboxylic acids is 1. The Balaban J connectivity index is 2.27. The number of ether oxygens (including phenoxy) is 3. The second-order valence-corrected chi connectivity index (χ2v) is 4.06. The first-order chi connectivity index (χ1) is 10.2. The van der Waals surface area contributed by atoms with Crippen LogP contribution in [0.25, 0.3) is 0 Å². The van der Waals surface area contributed by atoms with Crippen LogP contribution in [-0.4, -0.2) is 25.5 Å². The Hall–Kier alpha value is -2.63. The van der Waals surface area contributed by atoms with Crippen molar-refractivity contribution in [2.45, 2.75) is 6.61 Å². The highest BCUT2D eigenvalue weighted by molar-refractivity contribution is 5.79. The van der Waals surface area contributed by atoms with Gasteiger partial charge in [-0.2, -0.15) is 0 Å². The number of aromatic nitrogens is 1. The SMILES string of the molecule is COc1ccnc(COc2c(F)cccc2C=O)c1OC. The summed E-state index contributed by atoms with van der Waals surface area (Å²) in [7, 11) is 2.98. The minimum Gasteiger partial charge on any atom is -0.493 e. The Morgan fingerprint density at radius 3 is 2.67 bits per heavy atom. The van der Waals surface area contributed by atoms with Crippen LogP contribution in [0, 0.1) is 5.82 Å². The first-order valence-electron chi connectivity index (χ1n) is 6.13. The van der Waals surface area contributed by atoms with Gasteiger partial charge < -0.3 is 14.2 Å². The normalized spacial score (nSPS) is 10.0. The molecule has 1 aromatic heterocycles. The Morgan fingerprint density at radius 1 is 1.19 bits per heavy atom. The summed E-state index contributed by atoms with van der Waals surface area (Å²) < 4.78 is 29.4. The minimum atomic E-state index is -0.610. The lowest BCUT2D eigenvalue weighted by Crippen LogP contribution is -2.05. The number of methoxy groups -OCH3 is 2. The molecule has 0 spiro atoms. The smallest absolute Gasteiger partial charge is 0.185 e. The lowest BCUT2D eigenvalue weighted by atomic mass is 10.2. The first-order valence-corrected chi connectivity index (χ1v) is 6.13.